The number of hydrogen-bond donors (Lipinski definition) is 2. The Bertz CT molecular complexity index is 862. The number of nitrogens with one attached hydrogen (secondary N) is 2. The summed E-state index contributed by atoms with van der Waals surface area (Å²) in [6.45, 7) is 3.71. The molecule has 0 bridgehead atoms. The van der Waals surface area contributed by atoms with Crippen molar-refractivity contribution >= 4 is 29.9 Å². The van der Waals surface area contributed by atoms with Crippen molar-refractivity contribution in [2.45, 2.75) is 38.9 Å². The highest BCUT2D eigenvalue weighted by atomic mass is 127. The SMILES string of the molecule is CN=C(NCc1cccc(Cn2cccn2)c1)NC(C)CCc1ccccc1.I. The molecule has 0 spiro atoms. The van der Waals surface area contributed by atoms with Crippen molar-refractivity contribution in [2.75, 3.05) is 7.05 Å². The molecule has 0 saturated heterocycles. The minimum absolute atomic E-state index is 0. The lowest BCUT2D eigenvalue weighted by molar-refractivity contribution is 0.593. The fourth-order valence-corrected chi connectivity index (χ4v) is 3.13. The smallest absolute Gasteiger partial charge is 0.191 e. The number of halogens is 1. The van der Waals surface area contributed by atoms with E-state index in [2.05, 4.69) is 82.2 Å². The summed E-state index contributed by atoms with van der Waals surface area (Å²) < 4.78 is 1.93. The van der Waals surface area contributed by atoms with E-state index in [1.54, 1.807) is 6.20 Å². The van der Waals surface area contributed by atoms with Crippen molar-refractivity contribution in [3.63, 3.8) is 0 Å². The average molecular weight is 503 g/mol. The van der Waals surface area contributed by atoms with E-state index in [9.17, 15) is 0 Å². The summed E-state index contributed by atoms with van der Waals surface area (Å²) >= 11 is 0. The molecule has 1 atom stereocenters. The predicted octanol–water partition coefficient (Wildman–Crippen LogP) is 4.24. The molecule has 0 saturated carbocycles. The summed E-state index contributed by atoms with van der Waals surface area (Å²) in [6, 6.07) is 21.4. The van der Waals surface area contributed by atoms with Crippen LogP contribution in [0.4, 0.5) is 0 Å². The molecule has 154 valence electrons. The highest BCUT2D eigenvalue weighted by molar-refractivity contribution is 14.0. The number of rotatable bonds is 8. The third kappa shape index (κ3) is 7.89. The highest BCUT2D eigenvalue weighted by Gasteiger charge is 2.06. The number of nitrogens with zero attached hydrogens (tertiary/aromatic N) is 3. The van der Waals surface area contributed by atoms with Gasteiger partial charge in [-0.1, -0.05) is 54.6 Å². The van der Waals surface area contributed by atoms with Gasteiger partial charge in [0.25, 0.3) is 0 Å². The first-order valence-corrected chi connectivity index (χ1v) is 9.79. The summed E-state index contributed by atoms with van der Waals surface area (Å²) in [7, 11) is 1.81. The molecule has 0 aliphatic carbocycles. The molecular weight excluding hydrogens is 473 g/mol. The van der Waals surface area contributed by atoms with Crippen LogP contribution in [0.15, 0.2) is 78.0 Å². The largest absolute Gasteiger partial charge is 0.354 e. The number of hydrogen-bond acceptors (Lipinski definition) is 2. The second kappa shape index (κ2) is 12.3. The fourth-order valence-electron chi connectivity index (χ4n) is 3.13. The Morgan fingerprint density at radius 1 is 1.03 bits per heavy atom. The summed E-state index contributed by atoms with van der Waals surface area (Å²) in [6.07, 6.45) is 5.90. The van der Waals surface area contributed by atoms with E-state index in [0.29, 0.717) is 6.04 Å². The Morgan fingerprint density at radius 2 is 1.79 bits per heavy atom. The number of aromatic nitrogens is 2. The quantitative estimate of drug-likeness (QED) is 0.275. The average Bonchev–Trinajstić information content (AvgIpc) is 3.23. The maximum absolute atomic E-state index is 4.36. The van der Waals surface area contributed by atoms with E-state index < -0.39 is 0 Å². The lowest BCUT2D eigenvalue weighted by Crippen LogP contribution is -2.42. The van der Waals surface area contributed by atoms with Crippen LogP contribution in [0.2, 0.25) is 0 Å². The van der Waals surface area contributed by atoms with Gasteiger partial charge in [0.05, 0.1) is 6.54 Å². The van der Waals surface area contributed by atoms with Gasteiger partial charge in [-0.15, -0.1) is 24.0 Å². The minimum Gasteiger partial charge on any atom is -0.354 e. The maximum Gasteiger partial charge on any atom is 0.191 e. The molecule has 0 aliphatic heterocycles. The number of aryl methyl sites for hydroxylation is 1. The molecule has 1 heterocycles. The van der Waals surface area contributed by atoms with Crippen LogP contribution in [-0.4, -0.2) is 28.8 Å². The standard InChI is InChI=1S/C23H29N5.HI/c1-19(12-13-20-8-4-3-5-9-20)27-23(24-2)25-17-21-10-6-11-22(16-21)18-28-15-7-14-26-28;/h3-11,14-16,19H,12-13,17-18H2,1-2H3,(H2,24,25,27);1H. The zero-order valence-electron chi connectivity index (χ0n) is 17.1. The van der Waals surface area contributed by atoms with E-state index in [0.717, 1.165) is 31.9 Å². The molecule has 3 rings (SSSR count). The number of guanidine groups is 1. The highest BCUT2D eigenvalue weighted by Crippen LogP contribution is 2.07. The summed E-state index contributed by atoms with van der Waals surface area (Å²) in [4.78, 5) is 4.36. The van der Waals surface area contributed by atoms with Gasteiger partial charge in [0.15, 0.2) is 5.96 Å². The van der Waals surface area contributed by atoms with Crippen LogP contribution in [0.5, 0.6) is 0 Å². The van der Waals surface area contributed by atoms with E-state index in [-0.39, 0.29) is 24.0 Å². The van der Waals surface area contributed by atoms with Gasteiger partial charge >= 0.3 is 0 Å². The van der Waals surface area contributed by atoms with Crippen LogP contribution in [0.3, 0.4) is 0 Å². The van der Waals surface area contributed by atoms with E-state index >= 15 is 0 Å². The zero-order chi connectivity index (χ0) is 19.6. The lowest BCUT2D eigenvalue weighted by Gasteiger charge is -2.18. The molecule has 1 unspecified atom stereocenters. The van der Waals surface area contributed by atoms with Gasteiger partial charge in [-0.05, 0) is 42.5 Å². The van der Waals surface area contributed by atoms with Crippen LogP contribution < -0.4 is 10.6 Å². The molecule has 5 nitrogen and oxygen atoms in total. The number of benzene rings is 2. The van der Waals surface area contributed by atoms with Gasteiger partial charge in [-0.25, -0.2) is 0 Å². The molecule has 0 amide bonds. The Morgan fingerprint density at radius 3 is 2.52 bits per heavy atom. The molecule has 0 fully saturated rings. The van der Waals surface area contributed by atoms with Gasteiger partial charge in [0.1, 0.15) is 0 Å². The topological polar surface area (TPSA) is 54.2 Å². The second-order valence-corrected chi connectivity index (χ2v) is 7.02. The van der Waals surface area contributed by atoms with Crippen molar-refractivity contribution in [2.24, 2.45) is 4.99 Å². The zero-order valence-corrected chi connectivity index (χ0v) is 19.4. The van der Waals surface area contributed by atoms with Crippen LogP contribution in [-0.2, 0) is 19.5 Å². The summed E-state index contributed by atoms with van der Waals surface area (Å²) in [5, 5.41) is 11.2. The minimum atomic E-state index is 0. The third-order valence-corrected chi connectivity index (χ3v) is 4.67. The third-order valence-electron chi connectivity index (χ3n) is 4.67. The summed E-state index contributed by atoms with van der Waals surface area (Å²) in [5.41, 5.74) is 3.83. The van der Waals surface area contributed by atoms with E-state index in [1.807, 2.05) is 24.0 Å². The van der Waals surface area contributed by atoms with E-state index in [1.165, 1.54) is 16.7 Å². The molecule has 2 aromatic carbocycles. The van der Waals surface area contributed by atoms with Crippen molar-refractivity contribution < 1.29 is 0 Å². The van der Waals surface area contributed by atoms with Crippen molar-refractivity contribution in [1.29, 1.82) is 0 Å². The predicted molar refractivity (Wildman–Crippen MR) is 131 cm³/mol. The van der Waals surface area contributed by atoms with Crippen LogP contribution in [0.25, 0.3) is 0 Å². The molecule has 6 heteroatoms. The summed E-state index contributed by atoms with van der Waals surface area (Å²) in [5.74, 6) is 0.832. The Hall–Kier alpha value is -2.35. The van der Waals surface area contributed by atoms with Gasteiger partial charge in [-0.3, -0.25) is 9.67 Å². The molecule has 3 aromatic rings. The normalized spacial score (nSPS) is 12.1. The van der Waals surface area contributed by atoms with Crippen molar-refractivity contribution in [3.05, 3.63) is 89.7 Å². The molecule has 0 aliphatic rings. The molecule has 0 radical (unpaired) electrons. The van der Waals surface area contributed by atoms with Crippen LogP contribution in [0.1, 0.15) is 30.0 Å². The first-order valence-electron chi connectivity index (χ1n) is 9.79. The molecule has 29 heavy (non-hydrogen) atoms. The van der Waals surface area contributed by atoms with Crippen molar-refractivity contribution in [3.8, 4) is 0 Å². The van der Waals surface area contributed by atoms with Crippen LogP contribution >= 0.6 is 24.0 Å². The Kier molecular flexibility index (Phi) is 9.70. The second-order valence-electron chi connectivity index (χ2n) is 7.02. The van der Waals surface area contributed by atoms with Gasteiger partial charge < -0.3 is 10.6 Å². The molecular formula is C23H30IN5. The number of aliphatic imine (C=N–C) groups is 1. The maximum atomic E-state index is 4.36. The monoisotopic (exact) mass is 503 g/mol. The van der Waals surface area contributed by atoms with Crippen molar-refractivity contribution in [1.82, 2.24) is 20.4 Å². The Balaban J connectivity index is 0.00000300. The lowest BCUT2D eigenvalue weighted by atomic mass is 10.1. The first-order chi connectivity index (χ1) is 13.7. The van der Waals surface area contributed by atoms with E-state index in [4.69, 9.17) is 0 Å². The van der Waals surface area contributed by atoms with Gasteiger partial charge in [0.2, 0.25) is 0 Å². The molecule has 2 N–H and O–H groups in total. The fraction of sp³-hybridized carbons (Fsp3) is 0.304. The van der Waals surface area contributed by atoms with Crippen LogP contribution in [0, 0.1) is 0 Å². The Labute approximate surface area is 190 Å². The van der Waals surface area contributed by atoms with Gasteiger partial charge in [0, 0.05) is 32.0 Å². The molecule has 1 aromatic heterocycles. The van der Waals surface area contributed by atoms with Gasteiger partial charge in [-0.2, -0.15) is 5.10 Å². The first kappa shape index (κ1) is 22.9.